The van der Waals surface area contributed by atoms with Crippen molar-refractivity contribution in [3.63, 3.8) is 0 Å². The molecule has 0 radical (unpaired) electrons. The van der Waals surface area contributed by atoms with Gasteiger partial charge in [-0.2, -0.15) is 0 Å². The molecular formula is C56H109NO17P-. The number of unbranched alkanes of at least 4 members (excludes halogenated alkanes) is 33. The van der Waals surface area contributed by atoms with Gasteiger partial charge in [0.1, 0.15) is 67.1 Å². The summed E-state index contributed by atoms with van der Waals surface area (Å²) in [4.78, 5) is 26.8. The highest BCUT2D eigenvalue weighted by molar-refractivity contribution is 7.45. The van der Waals surface area contributed by atoms with Crippen LogP contribution in [0.2, 0.25) is 0 Å². The second kappa shape index (κ2) is 42.9. The fraction of sp³-hybridized carbons (Fsp3) is 0.982. The zero-order chi connectivity index (χ0) is 55.3. The Labute approximate surface area is 451 Å². The molecule has 18 nitrogen and oxygen atoms in total. The van der Waals surface area contributed by atoms with Crippen molar-refractivity contribution in [3.8, 4) is 0 Å². The van der Waals surface area contributed by atoms with Crippen molar-refractivity contribution in [2.45, 2.75) is 337 Å². The Morgan fingerprint density at radius 3 is 1.24 bits per heavy atom. The van der Waals surface area contributed by atoms with Gasteiger partial charge in [-0.25, -0.2) is 0 Å². The Kier molecular flexibility index (Phi) is 40.2. The van der Waals surface area contributed by atoms with Crippen LogP contribution in [-0.4, -0.2) is 156 Å². The van der Waals surface area contributed by atoms with Crippen molar-refractivity contribution in [3.05, 3.63) is 0 Å². The Hall–Kier alpha value is -0.900. The minimum atomic E-state index is -5.64. The molecule has 0 aromatic rings. The summed E-state index contributed by atoms with van der Waals surface area (Å²) in [5.74, 6) is -0.825. The molecule has 3 unspecified atom stereocenters. The van der Waals surface area contributed by atoms with Crippen molar-refractivity contribution in [2.75, 3.05) is 13.2 Å². The molecule has 15 atom stereocenters. The number of phosphoric ester groups is 1. The summed E-state index contributed by atoms with van der Waals surface area (Å²) in [6.07, 6.45) is 17.0. The predicted octanol–water partition coefficient (Wildman–Crippen LogP) is 7.18. The smallest absolute Gasteiger partial charge is 0.268 e. The van der Waals surface area contributed by atoms with Gasteiger partial charge in [0.15, 0.2) is 6.29 Å². The van der Waals surface area contributed by atoms with Gasteiger partial charge in [-0.1, -0.05) is 239 Å². The lowest BCUT2D eigenvalue weighted by Crippen LogP contribution is -2.67. The molecule has 1 aliphatic heterocycles. The van der Waals surface area contributed by atoms with Crippen molar-refractivity contribution in [2.24, 2.45) is 0 Å². The average Bonchev–Trinajstić information content (AvgIpc) is 3.39. The van der Waals surface area contributed by atoms with Crippen LogP contribution in [0.25, 0.3) is 0 Å². The minimum absolute atomic E-state index is 0.155. The number of nitrogens with one attached hydrogen (secondary N) is 1. The van der Waals surface area contributed by atoms with Crippen LogP contribution in [0.1, 0.15) is 251 Å². The molecule has 1 aliphatic carbocycles. The van der Waals surface area contributed by atoms with E-state index in [-0.39, 0.29) is 12.8 Å². The number of carbonyl (C=O) groups is 1. The highest BCUT2D eigenvalue weighted by atomic mass is 31.2. The summed E-state index contributed by atoms with van der Waals surface area (Å²) in [7, 11) is -5.64. The van der Waals surface area contributed by atoms with Crippen LogP contribution in [0, 0.1) is 0 Å². The summed E-state index contributed by atoms with van der Waals surface area (Å²) in [5, 5.41) is 108. The molecule has 0 spiro atoms. The summed E-state index contributed by atoms with van der Waals surface area (Å²) in [6.45, 7) is 2.73. The molecule has 2 aliphatic rings. The van der Waals surface area contributed by atoms with Crippen LogP contribution >= 0.6 is 7.82 Å². The molecular weight excluding hydrogens is 990 g/mol. The summed E-state index contributed by atoms with van der Waals surface area (Å²) < 4.78 is 34.5. The van der Waals surface area contributed by atoms with Crippen LogP contribution in [-0.2, 0) is 27.9 Å². The van der Waals surface area contributed by atoms with Gasteiger partial charge in [0.25, 0.3) is 7.82 Å². The highest BCUT2D eigenvalue weighted by Crippen LogP contribution is 2.44. The van der Waals surface area contributed by atoms with Gasteiger partial charge in [-0.05, 0) is 12.8 Å². The third-order valence-corrected chi connectivity index (χ3v) is 16.3. The van der Waals surface area contributed by atoms with Crippen molar-refractivity contribution in [1.82, 2.24) is 5.32 Å². The molecule has 1 saturated heterocycles. The third kappa shape index (κ3) is 29.9. The Morgan fingerprint density at radius 1 is 0.507 bits per heavy atom. The molecule has 2 fully saturated rings. The number of aliphatic hydroxyl groups is 10. The molecule has 11 N–H and O–H groups in total. The minimum Gasteiger partial charge on any atom is -0.756 e. The van der Waals surface area contributed by atoms with Crippen LogP contribution in [0.4, 0.5) is 0 Å². The number of amides is 1. The lowest BCUT2D eigenvalue weighted by Gasteiger charge is -2.47. The van der Waals surface area contributed by atoms with Gasteiger partial charge in [-0.15, -0.1) is 0 Å². The molecule has 0 aromatic heterocycles. The molecule has 0 bridgehead atoms. The molecule has 75 heavy (non-hydrogen) atoms. The zero-order valence-electron chi connectivity index (χ0n) is 46.4. The molecule has 2 rings (SSSR count). The fourth-order valence-corrected chi connectivity index (χ4v) is 11.3. The van der Waals surface area contributed by atoms with E-state index in [9.17, 15) is 65.3 Å². The maximum Gasteiger partial charge on any atom is 0.268 e. The van der Waals surface area contributed by atoms with Gasteiger partial charge >= 0.3 is 0 Å². The van der Waals surface area contributed by atoms with Gasteiger partial charge < -0.3 is 79.8 Å². The highest BCUT2D eigenvalue weighted by Gasteiger charge is 2.54. The molecule has 1 amide bonds. The number of rotatable bonds is 48. The first kappa shape index (κ1) is 70.2. The van der Waals surface area contributed by atoms with Crippen LogP contribution in [0.3, 0.4) is 0 Å². The monoisotopic (exact) mass is 1100 g/mol. The second-order valence-electron chi connectivity index (χ2n) is 22.0. The standard InChI is InChI=1S/C56H110NO17P/c1-3-5-7-9-11-13-15-17-18-19-20-21-22-23-24-25-27-29-31-33-35-37-39-44(60)55(68)57-42(43(59)38-36-34-32-30-28-26-16-14-12-10-8-6-4-2)41-71-75(69,70)74-54-51(66)49(64)48(63)50(65)53(54)73-56-52(67)47(62)46(61)45(40-58)72-56/h42-54,56,58-67H,3-41H2,1-2H3,(H,57,68)(H,69,70)/p-1/t42-,43+,44?,45+,46+,47-,48+,49+,50-,51+,52-,53+,54+,56?/m0/s1. The number of ether oxygens (including phenoxy) is 2. The predicted molar refractivity (Wildman–Crippen MR) is 287 cm³/mol. The van der Waals surface area contributed by atoms with Gasteiger partial charge in [-0.3, -0.25) is 9.36 Å². The average molecular weight is 1100 g/mol. The molecule has 446 valence electrons. The fourth-order valence-electron chi connectivity index (χ4n) is 10.3. The quantitative estimate of drug-likeness (QED) is 0.0212. The van der Waals surface area contributed by atoms with Gasteiger partial charge in [0.05, 0.1) is 25.4 Å². The second-order valence-corrected chi connectivity index (χ2v) is 23.4. The number of hydrogen-bond acceptors (Lipinski definition) is 17. The van der Waals surface area contributed by atoms with Gasteiger partial charge in [0.2, 0.25) is 5.91 Å². The summed E-state index contributed by atoms with van der Waals surface area (Å²) >= 11 is 0. The molecule has 19 heteroatoms. The van der Waals surface area contributed by atoms with E-state index < -0.39 is 113 Å². The zero-order valence-corrected chi connectivity index (χ0v) is 47.3. The van der Waals surface area contributed by atoms with E-state index >= 15 is 0 Å². The largest absolute Gasteiger partial charge is 0.756 e. The van der Waals surface area contributed by atoms with Gasteiger partial charge in [0, 0.05) is 0 Å². The molecule has 0 aromatic carbocycles. The maximum atomic E-state index is 13.4. The van der Waals surface area contributed by atoms with Crippen LogP contribution < -0.4 is 10.2 Å². The maximum absolute atomic E-state index is 13.4. The van der Waals surface area contributed by atoms with E-state index in [1.165, 1.54) is 154 Å². The van der Waals surface area contributed by atoms with Crippen molar-refractivity contribution < 1.29 is 83.8 Å². The lowest BCUT2D eigenvalue weighted by atomic mass is 9.84. The number of carbonyl (C=O) groups excluding carboxylic acids is 1. The summed E-state index contributed by atoms with van der Waals surface area (Å²) in [6, 6.07) is -1.35. The van der Waals surface area contributed by atoms with E-state index in [0.717, 1.165) is 57.8 Å². The Balaban J connectivity index is 1.86. The van der Waals surface area contributed by atoms with E-state index in [1.54, 1.807) is 0 Å². The number of aliphatic hydroxyl groups excluding tert-OH is 10. The normalized spacial score (nSPS) is 27.2. The van der Waals surface area contributed by atoms with E-state index in [1.807, 2.05) is 0 Å². The lowest BCUT2D eigenvalue weighted by molar-refractivity contribution is -0.341. The SMILES string of the molecule is CCCCCCCCCCCCCCCCCCCCCCCCC(O)C(=O)N[C@@H](COP(=O)([O-])O[C@@H]1[C@H](O)[C@H](O)[C@@H](O)[C@H](O)[C@H]1OC1O[C@H](CO)[C@@H](O)[C@H](O)[C@@H]1O)[C@H](O)CCCCCCCCCCCCCCC. The van der Waals surface area contributed by atoms with Crippen LogP contribution in [0.15, 0.2) is 0 Å². The Bertz CT molecular complexity index is 1420. The first-order valence-electron chi connectivity index (χ1n) is 30.1. The Morgan fingerprint density at radius 2 is 0.853 bits per heavy atom. The van der Waals surface area contributed by atoms with Crippen molar-refractivity contribution >= 4 is 13.7 Å². The third-order valence-electron chi connectivity index (χ3n) is 15.4. The first-order valence-corrected chi connectivity index (χ1v) is 31.5. The number of hydrogen-bond donors (Lipinski definition) is 11. The van der Waals surface area contributed by atoms with E-state index in [0.29, 0.717) is 12.8 Å². The topological polar surface area (TPSA) is 308 Å². The molecule has 1 heterocycles. The van der Waals surface area contributed by atoms with Crippen molar-refractivity contribution in [1.29, 1.82) is 0 Å². The summed E-state index contributed by atoms with van der Waals surface area (Å²) in [5.41, 5.74) is 0. The van der Waals surface area contributed by atoms with E-state index in [4.69, 9.17) is 18.5 Å². The number of phosphoric acid groups is 1. The van der Waals surface area contributed by atoms with Crippen LogP contribution in [0.5, 0.6) is 0 Å². The molecule has 1 saturated carbocycles. The van der Waals surface area contributed by atoms with E-state index in [2.05, 4.69) is 19.2 Å². The first-order chi connectivity index (χ1) is 36.1.